The Labute approximate surface area is 120 Å². The first-order chi connectivity index (χ1) is 9.49. The Morgan fingerprint density at radius 2 is 2.20 bits per heavy atom. The molecule has 110 valence electrons. The predicted octanol–water partition coefficient (Wildman–Crippen LogP) is 1.07. The number of rotatable bonds is 4. The van der Waals surface area contributed by atoms with E-state index in [4.69, 9.17) is 5.11 Å². The SMILES string of the molecule is Cc1csc(=O)n1CC(=O)N1CCCCC1CC(=O)O. The molecule has 0 spiro atoms. The number of aliphatic carboxylic acids is 1. The second-order valence-corrected chi connectivity index (χ2v) is 5.88. The van der Waals surface area contributed by atoms with Gasteiger partial charge < -0.3 is 10.0 Å². The highest BCUT2D eigenvalue weighted by Gasteiger charge is 2.28. The van der Waals surface area contributed by atoms with E-state index in [1.165, 1.54) is 4.57 Å². The van der Waals surface area contributed by atoms with Crippen molar-refractivity contribution in [2.45, 2.75) is 45.2 Å². The molecule has 0 saturated carbocycles. The third-order valence-corrected chi connectivity index (χ3v) is 4.51. The van der Waals surface area contributed by atoms with Crippen molar-refractivity contribution in [3.05, 3.63) is 20.7 Å². The Hall–Kier alpha value is -1.63. The molecule has 1 aromatic rings. The number of carboxylic acids is 1. The molecule has 1 aliphatic rings. The number of carbonyl (C=O) groups is 2. The molecule has 1 saturated heterocycles. The van der Waals surface area contributed by atoms with Gasteiger partial charge in [-0.3, -0.25) is 19.0 Å². The molecular weight excluding hydrogens is 280 g/mol. The number of carbonyl (C=O) groups excluding carboxylic acids is 1. The second kappa shape index (κ2) is 6.21. The topological polar surface area (TPSA) is 79.6 Å². The van der Waals surface area contributed by atoms with Gasteiger partial charge in [0.1, 0.15) is 6.54 Å². The summed E-state index contributed by atoms with van der Waals surface area (Å²) in [6.45, 7) is 2.37. The van der Waals surface area contributed by atoms with Gasteiger partial charge in [0.15, 0.2) is 0 Å². The first kappa shape index (κ1) is 14.8. The Morgan fingerprint density at radius 1 is 1.45 bits per heavy atom. The van der Waals surface area contributed by atoms with Gasteiger partial charge in [-0.1, -0.05) is 11.3 Å². The lowest BCUT2D eigenvalue weighted by Gasteiger charge is -2.35. The lowest BCUT2D eigenvalue weighted by molar-refractivity contribution is -0.142. The summed E-state index contributed by atoms with van der Waals surface area (Å²) in [6.07, 6.45) is 2.53. The van der Waals surface area contributed by atoms with Crippen LogP contribution in [0.25, 0.3) is 0 Å². The maximum Gasteiger partial charge on any atom is 0.307 e. The van der Waals surface area contributed by atoms with Crippen LogP contribution in [0.5, 0.6) is 0 Å². The molecule has 0 radical (unpaired) electrons. The van der Waals surface area contributed by atoms with Crippen molar-refractivity contribution < 1.29 is 14.7 Å². The van der Waals surface area contributed by atoms with Gasteiger partial charge in [0.05, 0.1) is 6.42 Å². The fraction of sp³-hybridized carbons (Fsp3) is 0.615. The van der Waals surface area contributed by atoms with E-state index in [1.807, 2.05) is 0 Å². The number of hydrogen-bond acceptors (Lipinski definition) is 4. The number of nitrogens with zero attached hydrogens (tertiary/aromatic N) is 2. The molecule has 0 aromatic carbocycles. The Bertz CT molecular complexity index is 563. The highest BCUT2D eigenvalue weighted by Crippen LogP contribution is 2.20. The maximum absolute atomic E-state index is 12.3. The third kappa shape index (κ3) is 3.27. The zero-order valence-corrected chi connectivity index (χ0v) is 12.2. The largest absolute Gasteiger partial charge is 0.481 e. The van der Waals surface area contributed by atoms with Crippen LogP contribution in [0.15, 0.2) is 10.2 Å². The minimum Gasteiger partial charge on any atom is -0.481 e. The Balaban J connectivity index is 2.10. The van der Waals surface area contributed by atoms with E-state index in [0.29, 0.717) is 6.54 Å². The third-order valence-electron chi connectivity index (χ3n) is 3.63. The standard InChI is InChI=1S/C13H18N2O4S/c1-9-8-20-13(19)15(9)7-11(16)14-5-3-2-4-10(14)6-12(17)18/h8,10H,2-7H2,1H3,(H,17,18). The number of aromatic nitrogens is 1. The Kier molecular flexibility index (Phi) is 4.59. The quantitative estimate of drug-likeness (QED) is 0.902. The van der Waals surface area contributed by atoms with Gasteiger partial charge in [0.25, 0.3) is 0 Å². The van der Waals surface area contributed by atoms with Crippen LogP contribution in [0.1, 0.15) is 31.4 Å². The summed E-state index contributed by atoms with van der Waals surface area (Å²) in [7, 11) is 0. The summed E-state index contributed by atoms with van der Waals surface area (Å²) >= 11 is 1.07. The smallest absolute Gasteiger partial charge is 0.307 e. The van der Waals surface area contributed by atoms with E-state index in [0.717, 1.165) is 36.3 Å². The van der Waals surface area contributed by atoms with Crippen molar-refractivity contribution in [2.75, 3.05) is 6.54 Å². The van der Waals surface area contributed by atoms with Crippen LogP contribution < -0.4 is 4.87 Å². The first-order valence-electron chi connectivity index (χ1n) is 6.65. The summed E-state index contributed by atoms with van der Waals surface area (Å²) in [5, 5.41) is 10.6. The minimum absolute atomic E-state index is 0.00425. The van der Waals surface area contributed by atoms with Gasteiger partial charge in [0, 0.05) is 23.7 Å². The van der Waals surface area contributed by atoms with Gasteiger partial charge in [-0.2, -0.15) is 0 Å². The molecule has 1 fully saturated rings. The maximum atomic E-state index is 12.3. The second-order valence-electron chi connectivity index (χ2n) is 5.06. The van der Waals surface area contributed by atoms with Gasteiger partial charge >= 0.3 is 10.8 Å². The van der Waals surface area contributed by atoms with Gasteiger partial charge in [0.2, 0.25) is 5.91 Å². The van der Waals surface area contributed by atoms with Gasteiger partial charge in [-0.15, -0.1) is 0 Å². The zero-order valence-electron chi connectivity index (χ0n) is 11.4. The van der Waals surface area contributed by atoms with E-state index in [9.17, 15) is 14.4 Å². The number of amides is 1. The highest BCUT2D eigenvalue weighted by molar-refractivity contribution is 7.07. The van der Waals surface area contributed by atoms with Gasteiger partial charge in [-0.05, 0) is 26.2 Å². The molecular formula is C13H18N2O4S. The summed E-state index contributed by atoms with van der Waals surface area (Å²) < 4.78 is 1.44. The first-order valence-corrected chi connectivity index (χ1v) is 7.53. The number of hydrogen-bond donors (Lipinski definition) is 1. The van der Waals surface area contributed by atoms with E-state index in [-0.39, 0.29) is 29.8 Å². The monoisotopic (exact) mass is 298 g/mol. The van der Waals surface area contributed by atoms with Crippen molar-refractivity contribution in [1.29, 1.82) is 0 Å². The van der Waals surface area contributed by atoms with Crippen LogP contribution in [-0.4, -0.2) is 39.0 Å². The lowest BCUT2D eigenvalue weighted by atomic mass is 9.99. The average molecular weight is 298 g/mol. The molecule has 0 bridgehead atoms. The number of likely N-dealkylation sites (tertiary alicyclic amines) is 1. The predicted molar refractivity (Wildman–Crippen MR) is 74.9 cm³/mol. The zero-order chi connectivity index (χ0) is 14.7. The van der Waals surface area contributed by atoms with E-state index < -0.39 is 5.97 Å². The molecule has 20 heavy (non-hydrogen) atoms. The molecule has 6 nitrogen and oxygen atoms in total. The van der Waals surface area contributed by atoms with E-state index >= 15 is 0 Å². The van der Waals surface area contributed by atoms with Crippen molar-refractivity contribution in [2.24, 2.45) is 0 Å². The molecule has 1 N–H and O–H groups in total. The molecule has 1 amide bonds. The molecule has 1 atom stereocenters. The minimum atomic E-state index is -0.890. The molecule has 0 aliphatic carbocycles. The van der Waals surface area contributed by atoms with Crippen LogP contribution >= 0.6 is 11.3 Å². The number of carboxylic acid groups (broad SMARTS) is 1. The lowest BCUT2D eigenvalue weighted by Crippen LogP contribution is -2.46. The Morgan fingerprint density at radius 3 is 2.80 bits per heavy atom. The normalized spacial score (nSPS) is 19.1. The number of thiazole rings is 1. The van der Waals surface area contributed by atoms with Crippen molar-refractivity contribution in [1.82, 2.24) is 9.47 Å². The van der Waals surface area contributed by atoms with E-state index in [2.05, 4.69) is 0 Å². The highest BCUT2D eigenvalue weighted by atomic mass is 32.1. The summed E-state index contributed by atoms with van der Waals surface area (Å²) in [4.78, 5) is 36.3. The van der Waals surface area contributed by atoms with Crippen LogP contribution in [0, 0.1) is 6.92 Å². The average Bonchev–Trinajstić information content (AvgIpc) is 2.70. The number of piperidine rings is 1. The molecule has 2 rings (SSSR count). The van der Waals surface area contributed by atoms with Gasteiger partial charge in [-0.25, -0.2) is 0 Å². The van der Waals surface area contributed by atoms with Crippen molar-refractivity contribution in [3.63, 3.8) is 0 Å². The fourth-order valence-electron chi connectivity index (χ4n) is 2.56. The van der Waals surface area contributed by atoms with Crippen LogP contribution in [0.4, 0.5) is 0 Å². The molecule has 1 unspecified atom stereocenters. The molecule has 1 aliphatic heterocycles. The fourth-order valence-corrected chi connectivity index (χ4v) is 3.30. The van der Waals surface area contributed by atoms with Crippen LogP contribution in [-0.2, 0) is 16.1 Å². The molecule has 1 aromatic heterocycles. The van der Waals surface area contributed by atoms with Crippen molar-refractivity contribution in [3.8, 4) is 0 Å². The van der Waals surface area contributed by atoms with Crippen LogP contribution in [0.3, 0.4) is 0 Å². The molecule has 7 heteroatoms. The number of aryl methyl sites for hydroxylation is 1. The summed E-state index contributed by atoms with van der Waals surface area (Å²) in [6, 6.07) is -0.247. The van der Waals surface area contributed by atoms with Crippen LogP contribution in [0.2, 0.25) is 0 Å². The van der Waals surface area contributed by atoms with Crippen molar-refractivity contribution >= 4 is 23.2 Å². The van der Waals surface area contributed by atoms with E-state index in [1.54, 1.807) is 17.2 Å². The summed E-state index contributed by atoms with van der Waals surface area (Å²) in [5.74, 6) is -1.06. The summed E-state index contributed by atoms with van der Waals surface area (Å²) in [5.41, 5.74) is 0.764. The molecule has 2 heterocycles.